The van der Waals surface area contributed by atoms with Crippen molar-refractivity contribution in [2.24, 2.45) is 0 Å². The van der Waals surface area contributed by atoms with E-state index in [2.05, 4.69) is 57.8 Å². The van der Waals surface area contributed by atoms with Gasteiger partial charge < -0.3 is 9.47 Å². The van der Waals surface area contributed by atoms with Crippen LogP contribution in [0.1, 0.15) is 46.1 Å². The first-order valence-electron chi connectivity index (χ1n) is 10.7. The van der Waals surface area contributed by atoms with Crippen LogP contribution in [0.2, 0.25) is 0 Å². The Kier molecular flexibility index (Phi) is 6.82. The molecule has 3 aromatic rings. The summed E-state index contributed by atoms with van der Waals surface area (Å²) in [5.41, 5.74) is 2.26. The highest BCUT2D eigenvalue weighted by Crippen LogP contribution is 2.38. The van der Waals surface area contributed by atoms with Crippen LogP contribution >= 0.6 is 12.4 Å². The Labute approximate surface area is 192 Å². The zero-order chi connectivity index (χ0) is 21.4. The lowest BCUT2D eigenvalue weighted by Crippen LogP contribution is -2.60. The third kappa shape index (κ3) is 5.31. The fraction of sp³-hybridized carbons (Fsp3) is 0.423. The zero-order valence-electron chi connectivity index (χ0n) is 19.1. The number of rotatable bonds is 5. The zero-order valence-corrected chi connectivity index (χ0v) is 19.9. The Morgan fingerprint density at radius 2 is 1.61 bits per heavy atom. The van der Waals surface area contributed by atoms with Crippen LogP contribution in [0.4, 0.5) is 0 Å². The average Bonchev–Trinajstić information content (AvgIpc) is 2.71. The van der Waals surface area contributed by atoms with Crippen molar-refractivity contribution in [2.45, 2.75) is 64.3 Å². The normalized spacial score (nSPS) is 18.4. The van der Waals surface area contributed by atoms with Crippen LogP contribution < -0.4 is 9.47 Å². The summed E-state index contributed by atoms with van der Waals surface area (Å²) in [6.45, 7) is 9.71. The molecule has 0 saturated carbocycles. The summed E-state index contributed by atoms with van der Waals surface area (Å²) in [7, 11) is 2.21. The van der Waals surface area contributed by atoms with Gasteiger partial charge in [0.25, 0.3) is 0 Å². The van der Waals surface area contributed by atoms with Gasteiger partial charge in [0.1, 0.15) is 18.5 Å². The minimum Gasteiger partial charge on any atom is -0.489 e. The average molecular weight is 441 g/mol. The number of aromatic nitrogens is 1. The second kappa shape index (κ2) is 9.05. The molecule has 4 rings (SSSR count). The van der Waals surface area contributed by atoms with Gasteiger partial charge in [0.05, 0.1) is 5.52 Å². The molecule has 1 aliphatic heterocycles. The summed E-state index contributed by atoms with van der Waals surface area (Å²) in [5.74, 6) is 1.54. The van der Waals surface area contributed by atoms with Crippen LogP contribution in [0.5, 0.6) is 11.6 Å². The van der Waals surface area contributed by atoms with Gasteiger partial charge in [-0.15, -0.1) is 12.4 Å². The number of fused-ring (bicyclic) bond motifs is 1. The first kappa shape index (κ1) is 23.4. The lowest BCUT2D eigenvalue weighted by Gasteiger charge is -2.53. The number of halogens is 1. The molecule has 166 valence electrons. The molecule has 0 spiro atoms. The molecule has 31 heavy (non-hydrogen) atoms. The van der Waals surface area contributed by atoms with Crippen molar-refractivity contribution < 1.29 is 9.47 Å². The minimum absolute atomic E-state index is 0. The number of likely N-dealkylation sites (tertiary alicyclic amines) is 1. The molecule has 4 nitrogen and oxygen atoms in total. The lowest BCUT2D eigenvalue weighted by molar-refractivity contribution is -0.0566. The second-order valence-electron chi connectivity index (χ2n) is 9.61. The highest BCUT2D eigenvalue weighted by molar-refractivity contribution is 5.85. The third-order valence-electron chi connectivity index (χ3n) is 6.44. The Balaban J connectivity index is 0.00000272. The number of piperidine rings is 1. The van der Waals surface area contributed by atoms with Crippen molar-refractivity contribution in [2.75, 3.05) is 7.05 Å². The van der Waals surface area contributed by atoms with E-state index in [-0.39, 0.29) is 29.6 Å². The van der Waals surface area contributed by atoms with E-state index in [0.29, 0.717) is 12.5 Å². The van der Waals surface area contributed by atoms with Crippen molar-refractivity contribution in [3.05, 3.63) is 66.2 Å². The van der Waals surface area contributed by atoms with Gasteiger partial charge in [-0.2, -0.15) is 0 Å². The monoisotopic (exact) mass is 440 g/mol. The fourth-order valence-electron chi connectivity index (χ4n) is 4.52. The number of hydrogen-bond acceptors (Lipinski definition) is 4. The Bertz CT molecular complexity index is 1000. The van der Waals surface area contributed by atoms with Crippen LogP contribution in [0.15, 0.2) is 60.7 Å². The van der Waals surface area contributed by atoms with Gasteiger partial charge >= 0.3 is 0 Å². The predicted molar refractivity (Wildman–Crippen MR) is 129 cm³/mol. The first-order valence-corrected chi connectivity index (χ1v) is 10.7. The predicted octanol–water partition coefficient (Wildman–Crippen LogP) is 6.27. The summed E-state index contributed by atoms with van der Waals surface area (Å²) in [6.07, 6.45) is 2.13. The summed E-state index contributed by atoms with van der Waals surface area (Å²) < 4.78 is 12.3. The molecule has 0 unspecified atom stereocenters. The van der Waals surface area contributed by atoms with Gasteiger partial charge in [-0.25, -0.2) is 4.98 Å². The summed E-state index contributed by atoms with van der Waals surface area (Å²) in [6, 6.07) is 20.3. The highest BCUT2D eigenvalue weighted by Gasteiger charge is 2.44. The van der Waals surface area contributed by atoms with E-state index < -0.39 is 0 Å². The molecular weight excluding hydrogens is 408 g/mol. The number of ether oxygens (including phenoxy) is 2. The van der Waals surface area contributed by atoms with Crippen LogP contribution in [-0.4, -0.2) is 34.1 Å². The van der Waals surface area contributed by atoms with E-state index in [1.807, 2.05) is 42.5 Å². The molecule has 0 bridgehead atoms. The van der Waals surface area contributed by atoms with Gasteiger partial charge in [-0.3, -0.25) is 4.90 Å². The van der Waals surface area contributed by atoms with E-state index in [1.165, 1.54) is 0 Å². The molecule has 1 saturated heterocycles. The summed E-state index contributed by atoms with van der Waals surface area (Å²) >= 11 is 0. The molecular formula is C26H33ClN2O2. The van der Waals surface area contributed by atoms with Crippen molar-refractivity contribution in [1.29, 1.82) is 0 Å². The quantitative estimate of drug-likeness (QED) is 0.468. The molecule has 5 heteroatoms. The maximum atomic E-state index is 6.35. The number of benzene rings is 2. The second-order valence-corrected chi connectivity index (χ2v) is 9.61. The molecule has 0 radical (unpaired) electrons. The van der Waals surface area contributed by atoms with Crippen molar-refractivity contribution in [3.8, 4) is 11.6 Å². The fourth-order valence-corrected chi connectivity index (χ4v) is 4.52. The standard InChI is InChI=1S/C26H32N2O2.ClH/c1-25(2)16-22(17-26(3,4)28(25)5)30-24-14-11-20-15-21(12-13-23(20)27-24)29-18-19-9-7-6-8-10-19;/h6-15,22H,16-18H2,1-5H3;1H. The molecule has 0 aliphatic carbocycles. The van der Waals surface area contributed by atoms with E-state index in [0.717, 1.165) is 35.1 Å². The molecule has 1 fully saturated rings. The van der Waals surface area contributed by atoms with Crippen LogP contribution in [0.25, 0.3) is 10.9 Å². The van der Waals surface area contributed by atoms with Crippen molar-refractivity contribution >= 4 is 23.3 Å². The Morgan fingerprint density at radius 3 is 2.29 bits per heavy atom. The largest absolute Gasteiger partial charge is 0.489 e. The van der Waals surface area contributed by atoms with Gasteiger partial charge in [-0.1, -0.05) is 30.3 Å². The molecule has 1 aliphatic rings. The smallest absolute Gasteiger partial charge is 0.214 e. The maximum Gasteiger partial charge on any atom is 0.214 e. The number of nitrogens with zero attached hydrogens (tertiary/aromatic N) is 2. The van der Waals surface area contributed by atoms with Crippen LogP contribution in [0, 0.1) is 0 Å². The van der Waals surface area contributed by atoms with Gasteiger partial charge in [0, 0.05) is 35.4 Å². The lowest BCUT2D eigenvalue weighted by atomic mass is 9.79. The van der Waals surface area contributed by atoms with Crippen molar-refractivity contribution in [3.63, 3.8) is 0 Å². The Hall–Kier alpha value is -2.30. The van der Waals surface area contributed by atoms with E-state index >= 15 is 0 Å². The maximum absolute atomic E-state index is 6.35. The molecule has 0 N–H and O–H groups in total. The molecule has 2 aromatic carbocycles. The van der Waals surface area contributed by atoms with E-state index in [1.54, 1.807) is 0 Å². The number of pyridine rings is 1. The van der Waals surface area contributed by atoms with E-state index in [4.69, 9.17) is 14.5 Å². The van der Waals surface area contributed by atoms with Crippen LogP contribution in [-0.2, 0) is 6.61 Å². The van der Waals surface area contributed by atoms with Crippen molar-refractivity contribution in [1.82, 2.24) is 9.88 Å². The van der Waals surface area contributed by atoms with Gasteiger partial charge in [-0.05, 0) is 64.6 Å². The SMILES string of the molecule is CN1C(C)(C)CC(Oc2ccc3cc(OCc4ccccc4)ccc3n2)CC1(C)C.Cl. The Morgan fingerprint density at radius 1 is 0.935 bits per heavy atom. The first-order chi connectivity index (χ1) is 14.2. The third-order valence-corrected chi connectivity index (χ3v) is 6.44. The number of hydrogen-bond donors (Lipinski definition) is 0. The topological polar surface area (TPSA) is 34.6 Å². The molecule has 0 atom stereocenters. The van der Waals surface area contributed by atoms with Gasteiger partial charge in [0.2, 0.25) is 5.88 Å². The summed E-state index contributed by atoms with van der Waals surface area (Å²) in [4.78, 5) is 7.21. The summed E-state index contributed by atoms with van der Waals surface area (Å²) in [5, 5.41) is 1.05. The van der Waals surface area contributed by atoms with Gasteiger partial charge in [0.15, 0.2) is 0 Å². The highest BCUT2D eigenvalue weighted by atomic mass is 35.5. The van der Waals surface area contributed by atoms with E-state index in [9.17, 15) is 0 Å². The molecule has 0 amide bonds. The molecule has 2 heterocycles. The van der Waals surface area contributed by atoms with Crippen LogP contribution in [0.3, 0.4) is 0 Å². The minimum atomic E-state index is 0. The molecule has 1 aromatic heterocycles.